The summed E-state index contributed by atoms with van der Waals surface area (Å²) in [5.74, 6) is -0.457. The summed E-state index contributed by atoms with van der Waals surface area (Å²) in [6.07, 6.45) is 4.59. The number of fused-ring (bicyclic) bond motifs is 1. The van der Waals surface area contributed by atoms with Crippen LogP contribution in [-0.4, -0.2) is 46.8 Å². The van der Waals surface area contributed by atoms with Crippen molar-refractivity contribution in [1.82, 2.24) is 33.7 Å². The van der Waals surface area contributed by atoms with Gasteiger partial charge in [0.1, 0.15) is 0 Å². The maximum absolute atomic E-state index is 13.1. The van der Waals surface area contributed by atoms with Gasteiger partial charge in [-0.2, -0.15) is 13.8 Å². The molecule has 0 spiro atoms. The summed E-state index contributed by atoms with van der Waals surface area (Å²) in [5.41, 5.74) is 4.44. The van der Waals surface area contributed by atoms with Crippen LogP contribution in [-0.2, 0) is 32.5 Å². The van der Waals surface area contributed by atoms with Crippen molar-refractivity contribution in [2.24, 2.45) is 0 Å². The average molecular weight is 474 g/mol. The monoisotopic (exact) mass is 473 g/mol. The number of hydrogen-bond acceptors (Lipinski definition) is 7. The van der Waals surface area contributed by atoms with Gasteiger partial charge < -0.3 is 10.2 Å². The van der Waals surface area contributed by atoms with E-state index >= 15 is 0 Å². The van der Waals surface area contributed by atoms with Crippen molar-refractivity contribution >= 4 is 23.5 Å². The van der Waals surface area contributed by atoms with Gasteiger partial charge >= 0.3 is 0 Å². The second-order valence-corrected chi connectivity index (χ2v) is 8.56. The van der Waals surface area contributed by atoms with E-state index in [4.69, 9.17) is 5.10 Å². The molecule has 0 unspecified atom stereocenters. The number of aromatic nitrogens is 5. The van der Waals surface area contributed by atoms with E-state index in [1.54, 1.807) is 11.1 Å². The molecular weight excluding hydrogens is 450 g/mol. The van der Waals surface area contributed by atoms with Crippen LogP contribution in [0.2, 0.25) is 0 Å². The van der Waals surface area contributed by atoms with E-state index in [2.05, 4.69) is 31.2 Å². The van der Waals surface area contributed by atoms with Gasteiger partial charge in [0.25, 0.3) is 11.8 Å². The molecule has 0 aliphatic carbocycles. The van der Waals surface area contributed by atoms with Crippen LogP contribution in [0.5, 0.6) is 0 Å². The van der Waals surface area contributed by atoms with Crippen molar-refractivity contribution in [1.29, 1.82) is 0 Å². The number of nitrogens with one attached hydrogen (secondary N) is 1. The average Bonchev–Trinajstić information content (AvgIpc) is 3.55. The molecule has 3 aromatic heterocycles. The number of amides is 2. The second kappa shape index (κ2) is 9.92. The first-order valence-electron chi connectivity index (χ1n) is 11.1. The van der Waals surface area contributed by atoms with Gasteiger partial charge in [-0.25, -0.2) is 0 Å². The third-order valence-corrected chi connectivity index (χ3v) is 6.31. The number of nitrogens with zero attached hydrogens (tertiary/aromatic N) is 6. The van der Waals surface area contributed by atoms with E-state index < -0.39 is 0 Å². The highest BCUT2D eigenvalue weighted by Gasteiger charge is 2.31. The lowest BCUT2D eigenvalue weighted by Crippen LogP contribution is -2.37. The molecule has 0 saturated heterocycles. The SMILES string of the molecule is O=C(NCc1ccccn1)c1nn(CCc2ccccc2)c2c1CN(C(=O)c1cnsn1)CC2. The lowest BCUT2D eigenvalue weighted by atomic mass is 10.0. The summed E-state index contributed by atoms with van der Waals surface area (Å²) in [4.78, 5) is 32.0. The van der Waals surface area contributed by atoms with Gasteiger partial charge in [-0.1, -0.05) is 36.4 Å². The highest BCUT2D eigenvalue weighted by Crippen LogP contribution is 2.24. The number of hydrogen-bond donors (Lipinski definition) is 1. The molecule has 0 saturated carbocycles. The third kappa shape index (κ3) is 4.72. The topological polar surface area (TPSA) is 106 Å². The maximum Gasteiger partial charge on any atom is 0.275 e. The van der Waals surface area contributed by atoms with Gasteiger partial charge in [0.2, 0.25) is 0 Å². The van der Waals surface area contributed by atoms with Crippen LogP contribution in [0.4, 0.5) is 0 Å². The standard InChI is InChI=1S/C24H23N7O2S/c32-23(26-14-18-8-4-5-11-25-18)22-19-16-30(24(33)20-15-27-34-29-20)12-10-21(19)31(28-22)13-9-17-6-2-1-3-7-17/h1-8,11,15H,9-10,12-14,16H2,(H,26,32). The van der Waals surface area contributed by atoms with Gasteiger partial charge in [-0.15, -0.1) is 0 Å². The first-order valence-corrected chi connectivity index (χ1v) is 11.8. The molecule has 0 atom stereocenters. The number of pyridine rings is 1. The zero-order valence-corrected chi connectivity index (χ0v) is 19.2. The van der Waals surface area contributed by atoms with Crippen LogP contribution in [0.1, 0.15) is 43.5 Å². The Bertz CT molecular complexity index is 1270. The Balaban J connectivity index is 1.39. The van der Waals surface area contributed by atoms with Crippen LogP contribution < -0.4 is 5.32 Å². The fourth-order valence-corrected chi connectivity index (χ4v) is 4.50. The highest BCUT2D eigenvalue weighted by atomic mass is 32.1. The van der Waals surface area contributed by atoms with Gasteiger partial charge in [-0.05, 0) is 24.1 Å². The minimum absolute atomic E-state index is 0.184. The summed E-state index contributed by atoms with van der Waals surface area (Å²) in [5, 5.41) is 7.62. The summed E-state index contributed by atoms with van der Waals surface area (Å²) in [6, 6.07) is 15.8. The summed E-state index contributed by atoms with van der Waals surface area (Å²) < 4.78 is 9.92. The van der Waals surface area contributed by atoms with Crippen molar-refractivity contribution in [2.75, 3.05) is 6.54 Å². The first-order chi connectivity index (χ1) is 16.7. The summed E-state index contributed by atoms with van der Waals surface area (Å²) in [7, 11) is 0. The smallest absolute Gasteiger partial charge is 0.275 e. The molecule has 2 amide bonds. The Kier molecular flexibility index (Phi) is 6.39. The van der Waals surface area contributed by atoms with E-state index in [-0.39, 0.29) is 11.8 Å². The van der Waals surface area contributed by atoms with Gasteiger partial charge in [-0.3, -0.25) is 19.3 Å². The molecule has 0 fully saturated rings. The molecule has 0 bridgehead atoms. The summed E-state index contributed by atoms with van der Waals surface area (Å²) >= 11 is 1.00. The molecular formula is C24H23N7O2S. The normalized spacial score (nSPS) is 12.9. The minimum atomic E-state index is -0.273. The molecule has 0 radical (unpaired) electrons. The van der Waals surface area contributed by atoms with Crippen LogP contribution >= 0.6 is 11.7 Å². The molecule has 4 aromatic rings. The Morgan fingerprint density at radius 3 is 2.71 bits per heavy atom. The Labute approximate surface area is 200 Å². The van der Waals surface area contributed by atoms with Crippen molar-refractivity contribution in [3.8, 4) is 0 Å². The fourth-order valence-electron chi connectivity index (χ4n) is 4.09. The van der Waals surface area contributed by atoms with Gasteiger partial charge in [0.05, 0.1) is 36.7 Å². The molecule has 1 aliphatic rings. The molecule has 5 rings (SSSR count). The molecule has 1 aliphatic heterocycles. The molecule has 1 N–H and O–H groups in total. The largest absolute Gasteiger partial charge is 0.345 e. The van der Waals surface area contributed by atoms with Crippen LogP contribution in [0.3, 0.4) is 0 Å². The number of benzene rings is 1. The number of carbonyl (C=O) groups excluding carboxylic acids is 2. The van der Waals surface area contributed by atoms with Crippen LogP contribution in [0.25, 0.3) is 0 Å². The van der Waals surface area contributed by atoms with Gasteiger partial charge in [0.15, 0.2) is 11.4 Å². The van der Waals surface area contributed by atoms with E-state index in [0.29, 0.717) is 44.0 Å². The zero-order valence-electron chi connectivity index (χ0n) is 18.4. The Morgan fingerprint density at radius 1 is 1.09 bits per heavy atom. The molecule has 4 heterocycles. The number of rotatable bonds is 7. The lowest BCUT2D eigenvalue weighted by molar-refractivity contribution is 0.0725. The Morgan fingerprint density at radius 2 is 1.94 bits per heavy atom. The highest BCUT2D eigenvalue weighted by molar-refractivity contribution is 6.99. The molecule has 1 aromatic carbocycles. The number of aryl methyl sites for hydroxylation is 2. The first kappa shape index (κ1) is 21.9. The quantitative estimate of drug-likeness (QED) is 0.442. The lowest BCUT2D eigenvalue weighted by Gasteiger charge is -2.27. The van der Waals surface area contributed by atoms with Crippen molar-refractivity contribution in [2.45, 2.75) is 32.5 Å². The van der Waals surface area contributed by atoms with E-state index in [9.17, 15) is 9.59 Å². The molecule has 34 heavy (non-hydrogen) atoms. The fraction of sp³-hybridized carbons (Fsp3) is 0.250. The maximum atomic E-state index is 13.1. The van der Waals surface area contributed by atoms with Crippen molar-refractivity contribution in [3.63, 3.8) is 0 Å². The van der Waals surface area contributed by atoms with E-state index in [1.165, 1.54) is 11.8 Å². The summed E-state index contributed by atoms with van der Waals surface area (Å²) in [6.45, 7) is 1.81. The van der Waals surface area contributed by atoms with E-state index in [1.807, 2.05) is 41.1 Å². The molecule has 9 nitrogen and oxygen atoms in total. The van der Waals surface area contributed by atoms with Gasteiger partial charge in [0, 0.05) is 37.0 Å². The zero-order chi connectivity index (χ0) is 23.3. The second-order valence-electron chi connectivity index (χ2n) is 8.01. The predicted molar refractivity (Wildman–Crippen MR) is 126 cm³/mol. The molecule has 10 heteroatoms. The van der Waals surface area contributed by atoms with Crippen molar-refractivity contribution < 1.29 is 9.59 Å². The van der Waals surface area contributed by atoms with Crippen molar-refractivity contribution in [3.05, 3.63) is 94.8 Å². The Hall–Kier alpha value is -3.92. The third-order valence-electron chi connectivity index (χ3n) is 5.83. The van der Waals surface area contributed by atoms with Crippen LogP contribution in [0, 0.1) is 0 Å². The minimum Gasteiger partial charge on any atom is -0.345 e. The van der Waals surface area contributed by atoms with Crippen LogP contribution in [0.15, 0.2) is 60.9 Å². The van der Waals surface area contributed by atoms with E-state index in [0.717, 1.165) is 35.1 Å². The predicted octanol–water partition coefficient (Wildman–Crippen LogP) is 2.50. The molecule has 172 valence electrons. The number of carbonyl (C=O) groups is 2.